The van der Waals surface area contributed by atoms with Gasteiger partial charge < -0.3 is 5.73 Å². The lowest BCUT2D eigenvalue weighted by Gasteiger charge is -2.13. The first-order valence-electron chi connectivity index (χ1n) is 5.75. The zero-order valence-corrected chi connectivity index (χ0v) is 12.4. The van der Waals surface area contributed by atoms with Crippen LogP contribution >= 0.6 is 27.5 Å². The van der Waals surface area contributed by atoms with Crippen molar-refractivity contribution in [3.05, 3.63) is 51.2 Å². The number of aryl methyl sites for hydroxylation is 2. The molecule has 2 rings (SSSR count). The van der Waals surface area contributed by atoms with Crippen molar-refractivity contribution in [1.82, 2.24) is 9.78 Å². The van der Waals surface area contributed by atoms with Crippen LogP contribution in [0.5, 0.6) is 0 Å². The molecule has 5 heteroatoms. The molecule has 1 aromatic heterocycles. The maximum atomic E-state index is 6.18. The van der Waals surface area contributed by atoms with Gasteiger partial charge in [-0.2, -0.15) is 5.10 Å². The molecule has 18 heavy (non-hydrogen) atoms. The minimum Gasteiger partial charge on any atom is -0.324 e. The average Bonchev–Trinajstić information content (AvgIpc) is 2.75. The molecule has 0 fully saturated rings. The van der Waals surface area contributed by atoms with E-state index in [2.05, 4.69) is 21.0 Å². The second kappa shape index (κ2) is 5.87. The maximum Gasteiger partial charge on any atom is 0.0551 e. The molecule has 0 saturated carbocycles. The fourth-order valence-corrected chi connectivity index (χ4v) is 2.30. The van der Waals surface area contributed by atoms with Crippen molar-refractivity contribution in [2.75, 3.05) is 0 Å². The van der Waals surface area contributed by atoms with Crippen molar-refractivity contribution in [1.29, 1.82) is 0 Å². The van der Waals surface area contributed by atoms with Crippen LogP contribution in [0.2, 0.25) is 5.02 Å². The van der Waals surface area contributed by atoms with E-state index in [1.807, 2.05) is 36.0 Å². The fraction of sp³-hybridized carbons (Fsp3) is 0.308. The predicted octanol–water partition coefficient (Wildman–Crippen LogP) is 3.47. The third-order valence-electron chi connectivity index (χ3n) is 3.01. The third kappa shape index (κ3) is 3.13. The van der Waals surface area contributed by atoms with Crippen molar-refractivity contribution in [2.45, 2.75) is 18.9 Å². The van der Waals surface area contributed by atoms with Crippen molar-refractivity contribution in [3.63, 3.8) is 0 Å². The maximum absolute atomic E-state index is 6.18. The first-order valence-corrected chi connectivity index (χ1v) is 6.92. The number of hydrogen-bond acceptors (Lipinski definition) is 2. The molecule has 96 valence electrons. The van der Waals surface area contributed by atoms with E-state index in [1.54, 1.807) is 6.20 Å². The van der Waals surface area contributed by atoms with Crippen molar-refractivity contribution < 1.29 is 0 Å². The number of nitrogens with two attached hydrogens (primary N) is 1. The molecule has 2 N–H and O–H groups in total. The summed E-state index contributed by atoms with van der Waals surface area (Å²) in [6.07, 6.45) is 3.58. The normalized spacial score (nSPS) is 12.7. The quantitative estimate of drug-likeness (QED) is 0.934. The topological polar surface area (TPSA) is 43.8 Å². The molecule has 1 aromatic carbocycles. The van der Waals surface area contributed by atoms with E-state index in [0.717, 1.165) is 22.9 Å². The summed E-state index contributed by atoms with van der Waals surface area (Å²) in [5, 5.41) is 4.84. The molecule has 0 bridgehead atoms. The smallest absolute Gasteiger partial charge is 0.0551 e. The van der Waals surface area contributed by atoms with Crippen molar-refractivity contribution >= 4 is 27.5 Å². The number of aromatic nitrogens is 2. The van der Waals surface area contributed by atoms with E-state index >= 15 is 0 Å². The zero-order valence-electron chi connectivity index (χ0n) is 10.1. The van der Waals surface area contributed by atoms with Crippen LogP contribution in [0.1, 0.15) is 23.7 Å². The largest absolute Gasteiger partial charge is 0.324 e. The van der Waals surface area contributed by atoms with Gasteiger partial charge in [0.05, 0.1) is 5.02 Å². The highest BCUT2D eigenvalue weighted by atomic mass is 79.9. The van der Waals surface area contributed by atoms with Crippen molar-refractivity contribution in [2.24, 2.45) is 12.8 Å². The lowest BCUT2D eigenvalue weighted by molar-refractivity contribution is 0.614. The Bertz CT molecular complexity index is 539. The van der Waals surface area contributed by atoms with Gasteiger partial charge in [-0.1, -0.05) is 17.7 Å². The number of rotatable bonds is 4. The zero-order chi connectivity index (χ0) is 13.1. The molecule has 3 nitrogen and oxygen atoms in total. The van der Waals surface area contributed by atoms with E-state index in [-0.39, 0.29) is 6.04 Å². The number of halogens is 2. The summed E-state index contributed by atoms with van der Waals surface area (Å²) in [6, 6.07) is 7.86. The molecule has 0 amide bonds. The molecule has 0 radical (unpaired) electrons. The molecule has 0 aliphatic carbocycles. The Hall–Kier alpha value is -0.840. The van der Waals surface area contributed by atoms with Crippen molar-refractivity contribution in [3.8, 4) is 0 Å². The van der Waals surface area contributed by atoms with Crippen LogP contribution in [0.25, 0.3) is 0 Å². The monoisotopic (exact) mass is 327 g/mol. The minimum absolute atomic E-state index is 0.00880. The van der Waals surface area contributed by atoms with E-state index in [1.165, 1.54) is 5.69 Å². The molecule has 0 aliphatic heterocycles. The lowest BCUT2D eigenvalue weighted by Crippen LogP contribution is -2.12. The molecule has 0 aliphatic rings. The first-order chi connectivity index (χ1) is 8.58. The predicted molar refractivity (Wildman–Crippen MR) is 77.6 cm³/mol. The highest BCUT2D eigenvalue weighted by molar-refractivity contribution is 9.10. The van der Waals surface area contributed by atoms with Gasteiger partial charge in [-0.15, -0.1) is 0 Å². The SMILES string of the molecule is Cn1nccc1CCC(N)c1ccc(Br)c(Cl)c1. The lowest BCUT2D eigenvalue weighted by atomic mass is 10.0. The Morgan fingerprint density at radius 2 is 2.22 bits per heavy atom. The van der Waals surface area contributed by atoms with Gasteiger partial charge in [0, 0.05) is 29.5 Å². The molecular formula is C13H15BrClN3. The molecule has 1 atom stereocenters. The molecular weight excluding hydrogens is 314 g/mol. The average molecular weight is 329 g/mol. The first kappa shape index (κ1) is 13.6. The molecule has 1 heterocycles. The van der Waals surface area contributed by atoms with Gasteiger partial charge in [-0.25, -0.2) is 0 Å². The number of hydrogen-bond donors (Lipinski definition) is 1. The highest BCUT2D eigenvalue weighted by Gasteiger charge is 2.09. The van der Waals surface area contributed by atoms with E-state index < -0.39 is 0 Å². The van der Waals surface area contributed by atoms with E-state index in [0.29, 0.717) is 5.02 Å². The van der Waals surface area contributed by atoms with Gasteiger partial charge in [0.25, 0.3) is 0 Å². The fourth-order valence-electron chi connectivity index (χ4n) is 1.86. The van der Waals surface area contributed by atoms with Gasteiger partial charge in [-0.3, -0.25) is 4.68 Å². The van der Waals surface area contributed by atoms with E-state index in [4.69, 9.17) is 17.3 Å². The second-order valence-corrected chi connectivity index (χ2v) is 5.53. The second-order valence-electron chi connectivity index (χ2n) is 4.26. The Morgan fingerprint density at radius 3 is 2.83 bits per heavy atom. The summed E-state index contributed by atoms with van der Waals surface area (Å²) in [6.45, 7) is 0. The third-order valence-corrected chi connectivity index (χ3v) is 4.24. The van der Waals surface area contributed by atoms with Gasteiger partial charge in [-0.05, 0) is 52.5 Å². The van der Waals surface area contributed by atoms with Crippen LogP contribution in [0, 0.1) is 0 Å². The number of benzene rings is 1. The Balaban J connectivity index is 2.01. The summed E-state index contributed by atoms with van der Waals surface area (Å²) in [4.78, 5) is 0. The number of nitrogens with zero attached hydrogens (tertiary/aromatic N) is 2. The Kier molecular flexibility index (Phi) is 4.43. The summed E-state index contributed by atoms with van der Waals surface area (Å²) >= 11 is 9.44. The van der Waals surface area contributed by atoms with Crippen LogP contribution in [-0.4, -0.2) is 9.78 Å². The summed E-state index contributed by atoms with van der Waals surface area (Å²) in [5.41, 5.74) is 8.43. The highest BCUT2D eigenvalue weighted by Crippen LogP contribution is 2.26. The van der Waals surface area contributed by atoms with Gasteiger partial charge >= 0.3 is 0 Å². The Morgan fingerprint density at radius 1 is 1.44 bits per heavy atom. The Labute approximate surface area is 120 Å². The van der Waals surface area contributed by atoms with Crippen LogP contribution in [0.15, 0.2) is 34.9 Å². The molecule has 0 saturated heterocycles. The summed E-state index contributed by atoms with van der Waals surface area (Å²) < 4.78 is 2.77. The molecule has 0 spiro atoms. The molecule has 1 unspecified atom stereocenters. The summed E-state index contributed by atoms with van der Waals surface area (Å²) in [7, 11) is 1.94. The van der Waals surface area contributed by atoms with E-state index in [9.17, 15) is 0 Å². The van der Waals surface area contributed by atoms with Crippen LogP contribution in [-0.2, 0) is 13.5 Å². The van der Waals surface area contributed by atoms with Crippen LogP contribution < -0.4 is 5.73 Å². The van der Waals surface area contributed by atoms with Gasteiger partial charge in [0.15, 0.2) is 0 Å². The summed E-state index contributed by atoms with van der Waals surface area (Å²) in [5.74, 6) is 0. The van der Waals surface area contributed by atoms with Crippen LogP contribution in [0.3, 0.4) is 0 Å². The standard InChI is InChI=1S/C13H15BrClN3/c1-18-10(6-7-17-18)3-5-13(16)9-2-4-11(14)12(15)8-9/h2,4,6-8,13H,3,5,16H2,1H3. The van der Waals surface area contributed by atoms with Gasteiger partial charge in [0.2, 0.25) is 0 Å². The van der Waals surface area contributed by atoms with Gasteiger partial charge in [0.1, 0.15) is 0 Å². The van der Waals surface area contributed by atoms with Crippen LogP contribution in [0.4, 0.5) is 0 Å². The minimum atomic E-state index is -0.00880. The molecule has 2 aromatic rings.